The molecule has 0 radical (unpaired) electrons. The Morgan fingerprint density at radius 3 is 2.36 bits per heavy atom. The minimum Gasteiger partial charge on any atom is -0.351 e. The van der Waals surface area contributed by atoms with Crippen LogP contribution < -0.4 is 10.6 Å². The lowest BCUT2D eigenvalue weighted by atomic mass is 9.81. The molecule has 2 N–H and O–H groups in total. The van der Waals surface area contributed by atoms with Gasteiger partial charge in [-0.2, -0.15) is 0 Å². The van der Waals surface area contributed by atoms with Crippen molar-refractivity contribution in [3.63, 3.8) is 0 Å². The van der Waals surface area contributed by atoms with Crippen molar-refractivity contribution < 1.29 is 13.2 Å². The summed E-state index contributed by atoms with van der Waals surface area (Å²) in [4.78, 5) is 12.7. The number of amides is 1. The van der Waals surface area contributed by atoms with Crippen LogP contribution in [0.5, 0.6) is 0 Å². The molecule has 138 valence electrons. The van der Waals surface area contributed by atoms with Crippen molar-refractivity contribution in [2.75, 3.05) is 19.6 Å². The summed E-state index contributed by atoms with van der Waals surface area (Å²) in [6.45, 7) is 4.82. The molecule has 0 unspecified atom stereocenters. The topological polar surface area (TPSA) is 75.3 Å². The first-order valence-electron chi connectivity index (χ1n) is 9.24. The molecule has 1 aliphatic heterocycles. The fourth-order valence-corrected chi connectivity index (χ4v) is 5.64. The third kappa shape index (κ3) is 4.23. The highest BCUT2D eigenvalue weighted by atomic mass is 32.2. The minimum absolute atomic E-state index is 0.132. The normalized spacial score (nSPS) is 21.2. The molecule has 3 rings (SSSR count). The zero-order chi connectivity index (χ0) is 17.9. The Bertz CT molecular complexity index is 701. The summed E-state index contributed by atoms with van der Waals surface area (Å²) in [6.07, 6.45) is 5.56. The van der Waals surface area contributed by atoms with Crippen LogP contribution >= 0.6 is 0 Å². The van der Waals surface area contributed by atoms with Crippen LogP contribution in [-0.2, 0) is 9.84 Å². The van der Waals surface area contributed by atoms with E-state index in [4.69, 9.17) is 0 Å². The number of rotatable bonds is 5. The van der Waals surface area contributed by atoms with Gasteiger partial charge in [0, 0.05) is 12.1 Å². The molecule has 5 nitrogen and oxygen atoms in total. The number of hydrogen-bond donors (Lipinski definition) is 2. The fraction of sp³-hybridized carbons (Fsp3) is 0.632. The first kappa shape index (κ1) is 18.4. The molecule has 1 saturated heterocycles. The number of carbonyl (C=O) groups is 1. The predicted octanol–water partition coefficient (Wildman–Crippen LogP) is 2.52. The summed E-state index contributed by atoms with van der Waals surface area (Å²) in [5.74, 6) is -0.135. The SMILES string of the molecule is CC1(CNC(=O)c2ccc(S(=O)(=O)C3CCCC3)cc2)CCNCC1. The molecule has 0 spiro atoms. The number of carbonyl (C=O) groups excluding carboxylic acids is 1. The summed E-state index contributed by atoms with van der Waals surface area (Å²) in [5, 5.41) is 6.08. The van der Waals surface area contributed by atoms with E-state index in [0.29, 0.717) is 17.0 Å². The van der Waals surface area contributed by atoms with Gasteiger partial charge in [0.05, 0.1) is 10.1 Å². The van der Waals surface area contributed by atoms with Crippen LogP contribution in [0.25, 0.3) is 0 Å². The summed E-state index contributed by atoms with van der Waals surface area (Å²) in [7, 11) is -3.26. The van der Waals surface area contributed by atoms with Crippen LogP contribution in [0.2, 0.25) is 0 Å². The maximum Gasteiger partial charge on any atom is 0.251 e. The van der Waals surface area contributed by atoms with Crippen LogP contribution in [0, 0.1) is 5.41 Å². The maximum absolute atomic E-state index is 12.6. The highest BCUT2D eigenvalue weighted by Gasteiger charge is 2.30. The monoisotopic (exact) mass is 364 g/mol. The molecule has 2 aliphatic rings. The van der Waals surface area contributed by atoms with E-state index in [9.17, 15) is 13.2 Å². The maximum atomic E-state index is 12.6. The van der Waals surface area contributed by atoms with Crippen molar-refractivity contribution in [1.82, 2.24) is 10.6 Å². The van der Waals surface area contributed by atoms with E-state index in [2.05, 4.69) is 17.6 Å². The lowest BCUT2D eigenvalue weighted by molar-refractivity contribution is 0.0922. The van der Waals surface area contributed by atoms with Crippen LogP contribution in [0.4, 0.5) is 0 Å². The highest BCUT2D eigenvalue weighted by molar-refractivity contribution is 7.92. The Kier molecular flexibility index (Phi) is 5.49. The average Bonchev–Trinajstić information content (AvgIpc) is 3.16. The van der Waals surface area contributed by atoms with E-state index in [1.807, 2.05) is 0 Å². The molecular weight excluding hydrogens is 336 g/mol. The molecule has 1 amide bonds. The number of sulfone groups is 1. The lowest BCUT2D eigenvalue weighted by Crippen LogP contribution is -2.42. The highest BCUT2D eigenvalue weighted by Crippen LogP contribution is 2.30. The number of nitrogens with one attached hydrogen (secondary N) is 2. The molecule has 6 heteroatoms. The van der Waals surface area contributed by atoms with Crippen LogP contribution in [-0.4, -0.2) is 39.2 Å². The van der Waals surface area contributed by atoms with Gasteiger partial charge in [0.25, 0.3) is 5.91 Å². The van der Waals surface area contributed by atoms with Crippen molar-refractivity contribution >= 4 is 15.7 Å². The van der Waals surface area contributed by atoms with E-state index in [1.54, 1.807) is 24.3 Å². The number of hydrogen-bond acceptors (Lipinski definition) is 4. The van der Waals surface area contributed by atoms with E-state index in [0.717, 1.165) is 51.6 Å². The molecule has 0 aromatic heterocycles. The smallest absolute Gasteiger partial charge is 0.251 e. The molecule has 1 aliphatic carbocycles. The van der Waals surface area contributed by atoms with Crippen molar-refractivity contribution in [2.24, 2.45) is 5.41 Å². The molecule has 0 atom stereocenters. The quantitative estimate of drug-likeness (QED) is 0.842. The van der Waals surface area contributed by atoms with Crippen molar-refractivity contribution in [2.45, 2.75) is 55.6 Å². The van der Waals surface area contributed by atoms with Crippen LogP contribution in [0.15, 0.2) is 29.2 Å². The molecule has 0 bridgehead atoms. The van der Waals surface area contributed by atoms with Crippen molar-refractivity contribution in [1.29, 1.82) is 0 Å². The van der Waals surface area contributed by atoms with Gasteiger partial charge in [0.1, 0.15) is 0 Å². The first-order chi connectivity index (χ1) is 11.9. The Labute approximate surface area is 150 Å². The van der Waals surface area contributed by atoms with Gasteiger partial charge in [-0.05, 0) is 68.5 Å². The molecule has 25 heavy (non-hydrogen) atoms. The summed E-state index contributed by atoms with van der Waals surface area (Å²) in [6, 6.07) is 6.41. The second-order valence-corrected chi connectivity index (χ2v) is 9.95. The molecule has 1 aromatic rings. The molecular formula is C19H28N2O3S. The van der Waals surface area contributed by atoms with Crippen LogP contribution in [0.3, 0.4) is 0 Å². The van der Waals surface area contributed by atoms with Gasteiger partial charge >= 0.3 is 0 Å². The Hall–Kier alpha value is -1.40. The molecule has 1 saturated carbocycles. The van der Waals surface area contributed by atoms with Gasteiger partial charge in [0.15, 0.2) is 9.84 Å². The third-order valence-corrected chi connectivity index (χ3v) is 7.95. The zero-order valence-corrected chi connectivity index (χ0v) is 15.7. The van der Waals surface area contributed by atoms with E-state index in [-0.39, 0.29) is 16.6 Å². The predicted molar refractivity (Wildman–Crippen MR) is 98.4 cm³/mol. The largest absolute Gasteiger partial charge is 0.351 e. The standard InChI is InChI=1S/C19H28N2O3S/c1-19(10-12-20-13-11-19)14-21-18(22)15-6-8-17(9-7-15)25(23,24)16-4-2-3-5-16/h6-9,16,20H,2-5,10-14H2,1H3,(H,21,22). The first-order valence-corrected chi connectivity index (χ1v) is 10.8. The average molecular weight is 365 g/mol. The molecule has 1 aromatic carbocycles. The summed E-state index contributed by atoms with van der Waals surface area (Å²) >= 11 is 0. The second-order valence-electron chi connectivity index (χ2n) is 7.72. The Morgan fingerprint density at radius 2 is 1.76 bits per heavy atom. The van der Waals surface area contributed by atoms with Crippen molar-refractivity contribution in [3.05, 3.63) is 29.8 Å². The molecule has 2 fully saturated rings. The Balaban J connectivity index is 1.62. The number of benzene rings is 1. The van der Waals surface area contributed by atoms with Gasteiger partial charge in [0.2, 0.25) is 0 Å². The van der Waals surface area contributed by atoms with Crippen LogP contribution in [0.1, 0.15) is 55.8 Å². The third-order valence-electron chi connectivity index (χ3n) is 5.67. The lowest BCUT2D eigenvalue weighted by Gasteiger charge is -2.34. The van der Waals surface area contributed by atoms with E-state index < -0.39 is 9.84 Å². The summed E-state index contributed by atoms with van der Waals surface area (Å²) < 4.78 is 25.2. The van der Waals surface area contributed by atoms with Gasteiger partial charge in [-0.1, -0.05) is 19.8 Å². The van der Waals surface area contributed by atoms with E-state index >= 15 is 0 Å². The van der Waals surface area contributed by atoms with Gasteiger partial charge in [-0.3, -0.25) is 4.79 Å². The Morgan fingerprint density at radius 1 is 1.16 bits per heavy atom. The van der Waals surface area contributed by atoms with Gasteiger partial charge < -0.3 is 10.6 Å². The van der Waals surface area contributed by atoms with Gasteiger partial charge in [-0.15, -0.1) is 0 Å². The second kappa shape index (κ2) is 7.46. The summed E-state index contributed by atoms with van der Waals surface area (Å²) in [5.41, 5.74) is 0.648. The fourth-order valence-electron chi connectivity index (χ4n) is 3.79. The zero-order valence-electron chi connectivity index (χ0n) is 14.9. The van der Waals surface area contributed by atoms with Crippen molar-refractivity contribution in [3.8, 4) is 0 Å². The molecule has 1 heterocycles. The number of piperidine rings is 1. The van der Waals surface area contributed by atoms with Gasteiger partial charge in [-0.25, -0.2) is 8.42 Å². The minimum atomic E-state index is -3.26. The van der Waals surface area contributed by atoms with E-state index in [1.165, 1.54) is 0 Å².